The van der Waals surface area contributed by atoms with Gasteiger partial charge in [-0.25, -0.2) is 9.50 Å². The molecule has 7 heteroatoms. The van der Waals surface area contributed by atoms with E-state index >= 15 is 0 Å². The fraction of sp³-hybridized carbons (Fsp3) is 0.321. The first-order valence-electron chi connectivity index (χ1n) is 11.8. The molecule has 1 amide bonds. The maximum atomic E-state index is 14.1. The Morgan fingerprint density at radius 2 is 1.66 bits per heavy atom. The highest BCUT2D eigenvalue weighted by molar-refractivity contribution is 6.33. The molecule has 4 rings (SSSR count). The van der Waals surface area contributed by atoms with Crippen molar-refractivity contribution >= 4 is 23.2 Å². The van der Waals surface area contributed by atoms with Crippen molar-refractivity contribution in [2.75, 3.05) is 27.2 Å². The standard InChI is InChI=1S/C28H32ClN5O/c1-28(2,3)25-18-26-30-23(21-13-9-10-14-22(21)29)17-24(34(26)31-25)27(35)33(16-15-32(4)5)19-20-11-7-6-8-12-20/h6-14,17-18H,15-16,19H2,1-5H3. The first-order chi connectivity index (χ1) is 16.6. The molecule has 0 fully saturated rings. The van der Waals surface area contributed by atoms with Gasteiger partial charge in [0, 0.05) is 41.7 Å². The first kappa shape index (κ1) is 24.9. The molecule has 2 aromatic heterocycles. The summed E-state index contributed by atoms with van der Waals surface area (Å²) in [7, 11) is 4.02. The summed E-state index contributed by atoms with van der Waals surface area (Å²) in [5.74, 6) is -0.0973. The number of amides is 1. The van der Waals surface area contributed by atoms with Gasteiger partial charge in [0.25, 0.3) is 5.91 Å². The van der Waals surface area contributed by atoms with Crippen LogP contribution in [0.25, 0.3) is 16.9 Å². The lowest BCUT2D eigenvalue weighted by Crippen LogP contribution is -2.37. The molecule has 0 aliphatic carbocycles. The molecule has 0 atom stereocenters. The molecular weight excluding hydrogens is 458 g/mol. The SMILES string of the molecule is CN(C)CCN(Cc1ccccc1)C(=O)c1cc(-c2ccccc2Cl)nc2cc(C(C)(C)C)nn12. The average Bonchev–Trinajstić information content (AvgIpc) is 3.26. The van der Waals surface area contributed by atoms with Crippen LogP contribution in [-0.2, 0) is 12.0 Å². The number of hydrogen-bond acceptors (Lipinski definition) is 4. The van der Waals surface area contributed by atoms with Crippen LogP contribution in [0.3, 0.4) is 0 Å². The maximum Gasteiger partial charge on any atom is 0.273 e. The minimum absolute atomic E-state index is 0.0973. The summed E-state index contributed by atoms with van der Waals surface area (Å²) in [5, 5.41) is 5.40. The van der Waals surface area contributed by atoms with E-state index < -0.39 is 0 Å². The topological polar surface area (TPSA) is 53.7 Å². The van der Waals surface area contributed by atoms with Gasteiger partial charge in [0.15, 0.2) is 5.65 Å². The third-order valence-corrected chi connectivity index (χ3v) is 6.21. The summed E-state index contributed by atoms with van der Waals surface area (Å²) in [6, 6.07) is 21.4. The number of fused-ring (bicyclic) bond motifs is 1. The number of carbonyl (C=O) groups excluding carboxylic acids is 1. The van der Waals surface area contributed by atoms with Crippen molar-refractivity contribution in [1.82, 2.24) is 24.4 Å². The first-order valence-corrected chi connectivity index (χ1v) is 12.2. The second-order valence-electron chi connectivity index (χ2n) is 10.1. The van der Waals surface area contributed by atoms with E-state index in [1.807, 2.05) is 85.7 Å². The van der Waals surface area contributed by atoms with E-state index in [2.05, 4.69) is 25.7 Å². The second kappa shape index (κ2) is 10.2. The van der Waals surface area contributed by atoms with Crippen LogP contribution in [0, 0.1) is 0 Å². The van der Waals surface area contributed by atoms with Crippen molar-refractivity contribution in [2.24, 2.45) is 0 Å². The summed E-state index contributed by atoms with van der Waals surface area (Å²) in [5.41, 5.74) is 4.29. The summed E-state index contributed by atoms with van der Waals surface area (Å²) in [6.07, 6.45) is 0. The van der Waals surface area contributed by atoms with Gasteiger partial charge in [-0.15, -0.1) is 0 Å². The number of likely N-dealkylation sites (N-methyl/N-ethyl adjacent to an activating group) is 1. The van der Waals surface area contributed by atoms with Gasteiger partial charge in [-0.2, -0.15) is 5.10 Å². The smallest absolute Gasteiger partial charge is 0.273 e. The molecule has 0 aliphatic rings. The van der Waals surface area contributed by atoms with E-state index in [0.717, 1.165) is 23.4 Å². The summed E-state index contributed by atoms with van der Waals surface area (Å²) in [4.78, 5) is 22.9. The van der Waals surface area contributed by atoms with Crippen LogP contribution >= 0.6 is 11.6 Å². The molecule has 0 spiro atoms. The van der Waals surface area contributed by atoms with Crippen LogP contribution in [0.1, 0.15) is 42.5 Å². The maximum absolute atomic E-state index is 14.1. The van der Waals surface area contributed by atoms with Gasteiger partial charge in [0.1, 0.15) is 5.69 Å². The molecule has 0 bridgehead atoms. The zero-order valence-electron chi connectivity index (χ0n) is 21.0. The number of benzene rings is 2. The molecule has 0 radical (unpaired) electrons. The zero-order chi connectivity index (χ0) is 25.2. The molecule has 0 saturated heterocycles. The quantitative estimate of drug-likeness (QED) is 0.341. The second-order valence-corrected chi connectivity index (χ2v) is 10.5. The molecule has 0 saturated carbocycles. The monoisotopic (exact) mass is 489 g/mol. The van der Waals surface area contributed by atoms with E-state index in [1.165, 1.54) is 0 Å². The van der Waals surface area contributed by atoms with E-state index in [0.29, 0.717) is 35.1 Å². The normalized spacial score (nSPS) is 11.9. The number of carbonyl (C=O) groups is 1. The fourth-order valence-corrected chi connectivity index (χ4v) is 4.07. The summed E-state index contributed by atoms with van der Waals surface area (Å²) in [6.45, 7) is 8.14. The van der Waals surface area contributed by atoms with Crippen LogP contribution in [0.15, 0.2) is 66.7 Å². The lowest BCUT2D eigenvalue weighted by atomic mass is 9.93. The number of halogens is 1. The van der Waals surface area contributed by atoms with E-state index in [9.17, 15) is 4.79 Å². The molecular formula is C28H32ClN5O. The van der Waals surface area contributed by atoms with Gasteiger partial charge >= 0.3 is 0 Å². The van der Waals surface area contributed by atoms with Gasteiger partial charge in [-0.05, 0) is 31.8 Å². The Morgan fingerprint density at radius 1 is 0.971 bits per heavy atom. The predicted molar refractivity (Wildman–Crippen MR) is 142 cm³/mol. The fourth-order valence-electron chi connectivity index (χ4n) is 3.84. The minimum atomic E-state index is -0.187. The Kier molecular flexibility index (Phi) is 7.24. The molecule has 2 heterocycles. The van der Waals surface area contributed by atoms with Crippen molar-refractivity contribution in [1.29, 1.82) is 0 Å². The third kappa shape index (κ3) is 5.72. The van der Waals surface area contributed by atoms with Gasteiger partial charge in [-0.3, -0.25) is 4.79 Å². The number of nitrogens with zero attached hydrogens (tertiary/aromatic N) is 5. The van der Waals surface area contributed by atoms with Crippen LogP contribution in [0.2, 0.25) is 5.02 Å². The van der Waals surface area contributed by atoms with Gasteiger partial charge in [-0.1, -0.05) is 80.9 Å². The van der Waals surface area contributed by atoms with E-state index in [1.54, 1.807) is 4.52 Å². The van der Waals surface area contributed by atoms with Crippen LogP contribution in [0.5, 0.6) is 0 Å². The molecule has 182 valence electrons. The molecule has 4 aromatic rings. The predicted octanol–water partition coefficient (Wildman–Crippen LogP) is 5.55. The van der Waals surface area contributed by atoms with Crippen molar-refractivity contribution in [3.05, 3.63) is 88.7 Å². The Bertz CT molecular complexity index is 1320. The molecule has 0 unspecified atom stereocenters. The highest BCUT2D eigenvalue weighted by atomic mass is 35.5. The average molecular weight is 490 g/mol. The minimum Gasteiger partial charge on any atom is -0.332 e. The largest absolute Gasteiger partial charge is 0.332 e. The van der Waals surface area contributed by atoms with Crippen molar-refractivity contribution < 1.29 is 4.79 Å². The van der Waals surface area contributed by atoms with Crippen LogP contribution < -0.4 is 0 Å². The molecule has 0 N–H and O–H groups in total. The van der Waals surface area contributed by atoms with Gasteiger partial charge < -0.3 is 9.80 Å². The highest BCUT2D eigenvalue weighted by Crippen LogP contribution is 2.29. The molecule has 0 aliphatic heterocycles. The molecule has 35 heavy (non-hydrogen) atoms. The Balaban J connectivity index is 1.85. The molecule has 2 aromatic carbocycles. The van der Waals surface area contributed by atoms with Gasteiger partial charge in [0.05, 0.1) is 11.4 Å². The lowest BCUT2D eigenvalue weighted by Gasteiger charge is -2.25. The Hall–Kier alpha value is -3.22. The number of aromatic nitrogens is 3. The Labute approximate surface area is 212 Å². The lowest BCUT2D eigenvalue weighted by molar-refractivity contribution is 0.0723. The van der Waals surface area contributed by atoms with Crippen molar-refractivity contribution in [2.45, 2.75) is 32.7 Å². The number of hydrogen-bond donors (Lipinski definition) is 0. The highest BCUT2D eigenvalue weighted by Gasteiger charge is 2.25. The van der Waals surface area contributed by atoms with Crippen molar-refractivity contribution in [3.8, 4) is 11.3 Å². The number of rotatable bonds is 7. The van der Waals surface area contributed by atoms with Crippen molar-refractivity contribution in [3.63, 3.8) is 0 Å². The van der Waals surface area contributed by atoms with Gasteiger partial charge in [0.2, 0.25) is 0 Å². The van der Waals surface area contributed by atoms with Crippen LogP contribution in [0.4, 0.5) is 0 Å². The molecule has 6 nitrogen and oxygen atoms in total. The van der Waals surface area contributed by atoms with E-state index in [-0.39, 0.29) is 11.3 Å². The zero-order valence-corrected chi connectivity index (χ0v) is 21.8. The third-order valence-electron chi connectivity index (χ3n) is 5.89. The van der Waals surface area contributed by atoms with E-state index in [4.69, 9.17) is 21.7 Å². The summed E-state index contributed by atoms with van der Waals surface area (Å²) < 4.78 is 1.68. The Morgan fingerprint density at radius 3 is 2.31 bits per heavy atom. The summed E-state index contributed by atoms with van der Waals surface area (Å²) >= 11 is 6.51. The van der Waals surface area contributed by atoms with Crippen LogP contribution in [-0.4, -0.2) is 57.5 Å².